The van der Waals surface area contributed by atoms with Gasteiger partial charge in [0.25, 0.3) is 5.91 Å². The van der Waals surface area contributed by atoms with Gasteiger partial charge in [0.15, 0.2) is 6.23 Å². The van der Waals surface area contributed by atoms with Crippen LogP contribution in [0.4, 0.5) is 0 Å². The predicted molar refractivity (Wildman–Crippen MR) is 161 cm³/mol. The van der Waals surface area contributed by atoms with Crippen LogP contribution in [0.2, 0.25) is 0 Å². The van der Waals surface area contributed by atoms with E-state index in [1.807, 2.05) is 92.7 Å². The maximum absolute atomic E-state index is 13.6. The molecule has 0 spiro atoms. The Balaban J connectivity index is 1.64. The third-order valence-electron chi connectivity index (χ3n) is 7.75. The van der Waals surface area contributed by atoms with Crippen LogP contribution in [-0.2, 0) is 4.74 Å². The van der Waals surface area contributed by atoms with Gasteiger partial charge in [-0.25, -0.2) is 4.79 Å². The van der Waals surface area contributed by atoms with Crippen LogP contribution in [0, 0.1) is 0 Å². The number of ether oxygens (including phenoxy) is 1. The van der Waals surface area contributed by atoms with Crippen LogP contribution in [0.5, 0.6) is 0 Å². The summed E-state index contributed by atoms with van der Waals surface area (Å²) < 4.78 is 6.31. The number of carbonyl (C=O) groups excluding carboxylic acids is 2. The minimum Gasteiger partial charge on any atom is -0.438 e. The number of rotatable bonds is 10. The Hall–Kier alpha value is -3.74. The lowest BCUT2D eigenvalue weighted by molar-refractivity contribution is -0.0833. The van der Waals surface area contributed by atoms with E-state index in [4.69, 9.17) is 4.74 Å². The van der Waals surface area contributed by atoms with Crippen molar-refractivity contribution in [3.63, 3.8) is 0 Å². The molecule has 6 nitrogen and oxygen atoms in total. The Morgan fingerprint density at radius 1 is 0.900 bits per heavy atom. The van der Waals surface area contributed by atoms with E-state index in [2.05, 4.69) is 30.2 Å². The van der Waals surface area contributed by atoms with Crippen molar-refractivity contribution in [3.8, 4) is 11.1 Å². The molecule has 1 aliphatic heterocycles. The van der Waals surface area contributed by atoms with Crippen molar-refractivity contribution in [1.29, 1.82) is 0 Å². The number of nitrogens with zero attached hydrogens (tertiary/aromatic N) is 3. The first-order valence-corrected chi connectivity index (χ1v) is 14.2. The van der Waals surface area contributed by atoms with E-state index < -0.39 is 6.23 Å². The number of piperazine rings is 1. The van der Waals surface area contributed by atoms with Crippen LogP contribution >= 0.6 is 0 Å². The number of benzene rings is 3. The number of hydrogen-bond acceptors (Lipinski definition) is 5. The molecule has 40 heavy (non-hydrogen) atoms. The quantitative estimate of drug-likeness (QED) is 0.224. The van der Waals surface area contributed by atoms with Crippen LogP contribution in [0.3, 0.4) is 0 Å². The molecule has 3 atom stereocenters. The van der Waals surface area contributed by atoms with Crippen molar-refractivity contribution in [2.24, 2.45) is 0 Å². The van der Waals surface area contributed by atoms with Crippen molar-refractivity contribution in [2.45, 2.75) is 46.0 Å². The van der Waals surface area contributed by atoms with E-state index in [-0.39, 0.29) is 24.0 Å². The predicted octanol–water partition coefficient (Wildman–Crippen LogP) is 6.27. The second kappa shape index (κ2) is 13.6. The molecule has 0 unspecified atom stereocenters. The summed E-state index contributed by atoms with van der Waals surface area (Å²) in [6.45, 7) is 15.9. The van der Waals surface area contributed by atoms with Gasteiger partial charge >= 0.3 is 5.97 Å². The highest BCUT2D eigenvalue weighted by molar-refractivity contribution is 5.94. The highest BCUT2D eigenvalue weighted by atomic mass is 16.6. The molecule has 1 fully saturated rings. The fourth-order valence-electron chi connectivity index (χ4n) is 5.41. The normalized spacial score (nSPS) is 18.6. The van der Waals surface area contributed by atoms with Crippen LogP contribution in [-0.4, -0.2) is 71.4 Å². The summed E-state index contributed by atoms with van der Waals surface area (Å²) in [6, 6.07) is 25.5. The molecule has 3 aromatic carbocycles. The third kappa shape index (κ3) is 6.69. The molecule has 0 aliphatic carbocycles. The lowest BCUT2D eigenvalue weighted by atomic mass is 10.0. The maximum Gasteiger partial charge on any atom is 0.339 e. The van der Waals surface area contributed by atoms with Gasteiger partial charge in [0, 0.05) is 55.9 Å². The van der Waals surface area contributed by atoms with Gasteiger partial charge in [0.2, 0.25) is 0 Å². The van der Waals surface area contributed by atoms with E-state index in [9.17, 15) is 9.59 Å². The van der Waals surface area contributed by atoms with Gasteiger partial charge in [-0.15, -0.1) is 6.58 Å². The third-order valence-corrected chi connectivity index (χ3v) is 7.75. The Kier molecular flexibility index (Phi) is 9.91. The van der Waals surface area contributed by atoms with E-state index in [0.717, 1.165) is 36.3 Å². The first-order valence-electron chi connectivity index (χ1n) is 14.2. The van der Waals surface area contributed by atoms with Crippen molar-refractivity contribution in [1.82, 2.24) is 14.7 Å². The largest absolute Gasteiger partial charge is 0.438 e. The maximum atomic E-state index is 13.6. The molecule has 3 aromatic rings. The number of carbonyl (C=O) groups is 2. The Morgan fingerprint density at radius 3 is 2.23 bits per heavy atom. The summed E-state index contributed by atoms with van der Waals surface area (Å²) in [5.74, 6) is -0.373. The topological polar surface area (TPSA) is 53.1 Å². The molecule has 1 heterocycles. The highest BCUT2D eigenvalue weighted by Gasteiger charge is 2.36. The van der Waals surface area contributed by atoms with Gasteiger partial charge in [0.05, 0.1) is 5.56 Å². The molecule has 6 heteroatoms. The fraction of sp³-hybridized carbons (Fsp3) is 0.353. The zero-order valence-corrected chi connectivity index (χ0v) is 24.1. The average molecular weight is 540 g/mol. The number of hydrogen-bond donors (Lipinski definition) is 0. The Morgan fingerprint density at radius 2 is 1.57 bits per heavy atom. The van der Waals surface area contributed by atoms with Gasteiger partial charge in [-0.2, -0.15) is 0 Å². The first-order chi connectivity index (χ1) is 19.4. The van der Waals surface area contributed by atoms with Gasteiger partial charge in [-0.3, -0.25) is 14.6 Å². The van der Waals surface area contributed by atoms with Crippen molar-refractivity contribution in [2.75, 3.05) is 32.7 Å². The molecule has 1 aliphatic rings. The summed E-state index contributed by atoms with van der Waals surface area (Å²) in [7, 11) is 0. The summed E-state index contributed by atoms with van der Waals surface area (Å²) >= 11 is 0. The monoisotopic (exact) mass is 539 g/mol. The second-order valence-corrected chi connectivity index (χ2v) is 10.4. The minimum atomic E-state index is -0.589. The molecule has 1 saturated heterocycles. The van der Waals surface area contributed by atoms with Gasteiger partial charge in [-0.05, 0) is 63.1 Å². The van der Waals surface area contributed by atoms with Crippen LogP contribution in [0.15, 0.2) is 91.5 Å². The summed E-state index contributed by atoms with van der Waals surface area (Å²) in [4.78, 5) is 33.0. The first kappa shape index (κ1) is 29.2. The van der Waals surface area contributed by atoms with Gasteiger partial charge < -0.3 is 9.64 Å². The van der Waals surface area contributed by atoms with Crippen LogP contribution in [0.25, 0.3) is 11.1 Å². The summed E-state index contributed by atoms with van der Waals surface area (Å²) in [6.07, 6.45) is 1.34. The molecule has 0 N–H and O–H groups in total. The Bertz CT molecular complexity index is 1290. The standard InChI is InChI=1S/C34H41N3O3/c1-6-21-36-23-26(5)37(24-25(36)4)33(29-19-17-28(18-20-29)32(38)35(7-2)8-3)40-34(39)31-16-12-15-30(22-31)27-13-10-9-11-14-27/h6,9-20,22,25-26,33H,1,7-8,21,23-24H2,2-5H3/t25-,26+,33+/m0/s1. The fourth-order valence-corrected chi connectivity index (χ4v) is 5.41. The highest BCUT2D eigenvalue weighted by Crippen LogP contribution is 2.31. The average Bonchev–Trinajstić information content (AvgIpc) is 2.99. The van der Waals surface area contributed by atoms with Crippen LogP contribution < -0.4 is 0 Å². The molecular weight excluding hydrogens is 498 g/mol. The lowest BCUT2D eigenvalue weighted by Gasteiger charge is -2.46. The second-order valence-electron chi connectivity index (χ2n) is 10.4. The van der Waals surface area contributed by atoms with E-state index >= 15 is 0 Å². The number of esters is 1. The molecule has 210 valence electrons. The van der Waals surface area contributed by atoms with Gasteiger partial charge in [-0.1, -0.05) is 60.7 Å². The zero-order valence-electron chi connectivity index (χ0n) is 24.1. The van der Waals surface area contributed by atoms with Crippen molar-refractivity contribution < 1.29 is 14.3 Å². The Labute approximate surface area is 238 Å². The SMILES string of the molecule is C=CCN1C[C@@H](C)N([C@H](OC(=O)c2cccc(-c3ccccc3)c2)c2ccc(C(=O)N(CC)CC)cc2)C[C@@H]1C. The van der Waals surface area contributed by atoms with E-state index in [1.54, 1.807) is 11.0 Å². The zero-order chi connectivity index (χ0) is 28.6. The summed E-state index contributed by atoms with van der Waals surface area (Å²) in [5, 5.41) is 0. The molecular formula is C34H41N3O3. The van der Waals surface area contributed by atoms with Crippen molar-refractivity contribution in [3.05, 3.63) is 108 Å². The molecule has 0 radical (unpaired) electrons. The molecule has 0 bridgehead atoms. The smallest absolute Gasteiger partial charge is 0.339 e. The minimum absolute atomic E-state index is 0.00264. The molecule has 0 aromatic heterocycles. The van der Waals surface area contributed by atoms with E-state index in [0.29, 0.717) is 24.2 Å². The number of amides is 1. The van der Waals surface area contributed by atoms with Crippen molar-refractivity contribution >= 4 is 11.9 Å². The van der Waals surface area contributed by atoms with Gasteiger partial charge in [0.1, 0.15) is 0 Å². The lowest BCUT2D eigenvalue weighted by Crippen LogP contribution is -2.57. The molecule has 0 saturated carbocycles. The summed E-state index contributed by atoms with van der Waals surface area (Å²) in [5.41, 5.74) is 3.99. The molecule has 4 rings (SSSR count). The van der Waals surface area contributed by atoms with E-state index in [1.165, 1.54) is 0 Å². The molecule has 1 amide bonds. The van der Waals surface area contributed by atoms with Crippen LogP contribution in [0.1, 0.15) is 60.2 Å².